The van der Waals surface area contributed by atoms with Crippen LogP contribution in [0.25, 0.3) is 0 Å². The molecule has 2 rings (SSSR count). The fraction of sp³-hybridized carbons (Fsp3) is 0.133. The second kappa shape index (κ2) is 7.62. The van der Waals surface area contributed by atoms with Crippen LogP contribution in [0, 0.1) is 0 Å². The van der Waals surface area contributed by atoms with Gasteiger partial charge in [-0.2, -0.15) is 2.95 Å². The van der Waals surface area contributed by atoms with Gasteiger partial charge in [0.2, 0.25) is 0 Å². The van der Waals surface area contributed by atoms with Gasteiger partial charge in [0.15, 0.2) is 0 Å². The number of carboxylic acid groups (broad SMARTS) is 1. The van der Waals surface area contributed by atoms with Crippen molar-refractivity contribution in [1.29, 1.82) is 0 Å². The van der Waals surface area contributed by atoms with Crippen molar-refractivity contribution in [2.45, 2.75) is 12.5 Å². The van der Waals surface area contributed by atoms with Crippen LogP contribution in [0.1, 0.15) is 5.56 Å². The number of ether oxygens (including phenoxy) is 1. The SMILES string of the molecule is O=C(O)[C@H](Cc1ccc(Oc2ccc(O)cc2)cc1)N(Br)Br. The summed E-state index contributed by atoms with van der Waals surface area (Å²) in [6.45, 7) is 0. The first-order valence-corrected chi connectivity index (χ1v) is 7.77. The first kappa shape index (κ1) is 16.8. The Hall–Kier alpha value is -1.57. The number of carbonyl (C=O) groups is 1. The first-order chi connectivity index (χ1) is 10.5. The largest absolute Gasteiger partial charge is 0.508 e. The molecule has 22 heavy (non-hydrogen) atoms. The van der Waals surface area contributed by atoms with Gasteiger partial charge in [-0.05, 0) is 42.0 Å². The molecule has 116 valence electrons. The number of rotatable bonds is 6. The lowest BCUT2D eigenvalue weighted by molar-refractivity contribution is -0.139. The van der Waals surface area contributed by atoms with E-state index >= 15 is 0 Å². The van der Waals surface area contributed by atoms with Crippen LogP contribution in [-0.4, -0.2) is 25.2 Å². The Morgan fingerprint density at radius 2 is 1.55 bits per heavy atom. The quantitative estimate of drug-likeness (QED) is 0.675. The topological polar surface area (TPSA) is 70.0 Å². The summed E-state index contributed by atoms with van der Waals surface area (Å²) in [4.78, 5) is 11.1. The number of hydrogen-bond donors (Lipinski definition) is 2. The Morgan fingerprint density at radius 1 is 1.05 bits per heavy atom. The van der Waals surface area contributed by atoms with E-state index in [1.54, 1.807) is 36.4 Å². The molecule has 0 spiro atoms. The normalized spacial score (nSPS) is 12.1. The molecule has 0 aliphatic carbocycles. The average molecular weight is 431 g/mol. The van der Waals surface area contributed by atoms with Gasteiger partial charge in [0.05, 0.1) is 0 Å². The van der Waals surface area contributed by atoms with E-state index in [-0.39, 0.29) is 5.75 Å². The lowest BCUT2D eigenvalue weighted by Gasteiger charge is -2.16. The van der Waals surface area contributed by atoms with Crippen molar-refractivity contribution in [2.24, 2.45) is 0 Å². The van der Waals surface area contributed by atoms with Crippen LogP contribution in [-0.2, 0) is 11.2 Å². The second-order valence-electron chi connectivity index (χ2n) is 4.56. The molecule has 0 bridgehead atoms. The molecule has 0 saturated heterocycles. The number of phenolic OH excluding ortho intramolecular Hbond substituents is 1. The van der Waals surface area contributed by atoms with Gasteiger partial charge in [0.1, 0.15) is 23.3 Å². The highest BCUT2D eigenvalue weighted by atomic mass is 79.9. The summed E-state index contributed by atoms with van der Waals surface area (Å²) in [6.07, 6.45) is 0.339. The molecule has 0 aliphatic heterocycles. The van der Waals surface area contributed by atoms with E-state index in [1.165, 1.54) is 2.95 Å². The summed E-state index contributed by atoms with van der Waals surface area (Å²) in [5.74, 6) is 0.492. The number of aliphatic carboxylic acids is 1. The number of aromatic hydroxyl groups is 1. The Balaban J connectivity index is 2.03. The van der Waals surface area contributed by atoms with E-state index < -0.39 is 12.0 Å². The van der Waals surface area contributed by atoms with Crippen molar-refractivity contribution >= 4 is 38.3 Å². The van der Waals surface area contributed by atoms with E-state index in [2.05, 4.69) is 32.3 Å². The standard InChI is InChI=1S/C15H13Br2NO4/c16-18(17)14(15(20)21)9-10-1-5-12(6-2-10)22-13-7-3-11(19)4-8-13/h1-8,14,19H,9H2,(H,20,21)/t14-/m0/s1. The minimum Gasteiger partial charge on any atom is -0.508 e. The van der Waals surface area contributed by atoms with Gasteiger partial charge in [0, 0.05) is 38.7 Å². The Bertz CT molecular complexity index is 629. The minimum absolute atomic E-state index is 0.177. The summed E-state index contributed by atoms with van der Waals surface area (Å²) in [6, 6.07) is 12.9. The zero-order chi connectivity index (χ0) is 16.1. The number of phenols is 1. The molecule has 0 fully saturated rings. The molecule has 5 nitrogen and oxygen atoms in total. The van der Waals surface area contributed by atoms with E-state index in [4.69, 9.17) is 9.84 Å². The van der Waals surface area contributed by atoms with Gasteiger partial charge in [0.25, 0.3) is 0 Å². The molecule has 0 unspecified atom stereocenters. The Kier molecular flexibility index (Phi) is 5.82. The molecular weight excluding hydrogens is 418 g/mol. The predicted molar refractivity (Wildman–Crippen MR) is 89.4 cm³/mol. The van der Waals surface area contributed by atoms with Gasteiger partial charge < -0.3 is 14.9 Å². The maximum Gasteiger partial charge on any atom is 0.323 e. The van der Waals surface area contributed by atoms with E-state index in [9.17, 15) is 9.90 Å². The Morgan fingerprint density at radius 3 is 2.00 bits per heavy atom. The number of hydrogen-bond acceptors (Lipinski definition) is 4. The summed E-state index contributed by atoms with van der Waals surface area (Å²) in [7, 11) is 0. The zero-order valence-electron chi connectivity index (χ0n) is 11.3. The lowest BCUT2D eigenvalue weighted by atomic mass is 10.1. The van der Waals surface area contributed by atoms with Crippen molar-refractivity contribution in [1.82, 2.24) is 2.95 Å². The van der Waals surface area contributed by atoms with Crippen molar-refractivity contribution in [3.05, 3.63) is 54.1 Å². The number of carboxylic acids is 1. The number of halogens is 2. The highest BCUT2D eigenvalue weighted by Gasteiger charge is 2.22. The van der Waals surface area contributed by atoms with E-state index in [0.717, 1.165) is 5.56 Å². The number of nitrogens with zero attached hydrogens (tertiary/aromatic N) is 1. The Labute approximate surface area is 144 Å². The number of benzene rings is 2. The van der Waals surface area contributed by atoms with Crippen LogP contribution < -0.4 is 4.74 Å². The molecule has 0 heterocycles. The smallest absolute Gasteiger partial charge is 0.323 e. The van der Waals surface area contributed by atoms with Gasteiger partial charge in [-0.3, -0.25) is 4.79 Å². The van der Waals surface area contributed by atoms with Crippen molar-refractivity contribution in [2.75, 3.05) is 0 Å². The third-order valence-electron chi connectivity index (χ3n) is 2.95. The molecule has 2 N–H and O–H groups in total. The lowest BCUT2D eigenvalue weighted by Crippen LogP contribution is -2.30. The zero-order valence-corrected chi connectivity index (χ0v) is 14.5. The summed E-state index contributed by atoms with van der Waals surface area (Å²) < 4.78 is 6.94. The monoisotopic (exact) mass is 429 g/mol. The summed E-state index contributed by atoms with van der Waals surface area (Å²) in [5.41, 5.74) is 0.870. The summed E-state index contributed by atoms with van der Waals surface area (Å²) in [5, 5.41) is 18.3. The average Bonchev–Trinajstić information content (AvgIpc) is 2.48. The molecule has 2 aromatic rings. The van der Waals surface area contributed by atoms with E-state index in [1.807, 2.05) is 12.1 Å². The maximum atomic E-state index is 11.1. The molecule has 0 aliphatic rings. The van der Waals surface area contributed by atoms with E-state index in [0.29, 0.717) is 17.9 Å². The molecular formula is C15H13Br2NO4. The highest BCUT2D eigenvalue weighted by molar-refractivity contribution is 9.21. The van der Waals surface area contributed by atoms with Crippen LogP contribution in [0.4, 0.5) is 0 Å². The highest BCUT2D eigenvalue weighted by Crippen LogP contribution is 2.24. The van der Waals surface area contributed by atoms with Crippen LogP contribution in [0.2, 0.25) is 0 Å². The van der Waals surface area contributed by atoms with Gasteiger partial charge >= 0.3 is 5.97 Å². The first-order valence-electron chi connectivity index (χ1n) is 6.35. The molecule has 2 aromatic carbocycles. The van der Waals surface area contributed by atoms with Gasteiger partial charge in [-0.1, -0.05) is 12.1 Å². The minimum atomic E-state index is -0.932. The molecule has 1 atom stereocenters. The molecule has 7 heteroatoms. The summed E-state index contributed by atoms with van der Waals surface area (Å²) >= 11 is 6.17. The van der Waals surface area contributed by atoms with Crippen LogP contribution in [0.5, 0.6) is 17.2 Å². The van der Waals surface area contributed by atoms with Crippen LogP contribution in [0.15, 0.2) is 48.5 Å². The predicted octanol–water partition coefficient (Wildman–Crippen LogP) is 4.10. The third-order valence-corrected chi connectivity index (χ3v) is 3.93. The van der Waals surface area contributed by atoms with Gasteiger partial charge in [-0.15, -0.1) is 0 Å². The maximum absolute atomic E-state index is 11.1. The van der Waals surface area contributed by atoms with Crippen molar-refractivity contribution < 1.29 is 19.7 Å². The van der Waals surface area contributed by atoms with Crippen LogP contribution >= 0.6 is 32.3 Å². The van der Waals surface area contributed by atoms with Crippen molar-refractivity contribution in [3.63, 3.8) is 0 Å². The third kappa shape index (κ3) is 4.72. The van der Waals surface area contributed by atoms with Gasteiger partial charge in [-0.25, -0.2) is 0 Å². The second-order valence-corrected chi connectivity index (χ2v) is 7.04. The molecule has 0 amide bonds. The van der Waals surface area contributed by atoms with Crippen molar-refractivity contribution in [3.8, 4) is 17.2 Å². The molecule has 0 aromatic heterocycles. The fourth-order valence-electron chi connectivity index (χ4n) is 1.81. The fourth-order valence-corrected chi connectivity index (χ4v) is 2.45. The molecule has 0 radical (unpaired) electrons. The van der Waals surface area contributed by atoms with Crippen LogP contribution in [0.3, 0.4) is 0 Å². The molecule has 0 saturated carbocycles.